The number of aryl methyl sites for hydroxylation is 1. The maximum absolute atomic E-state index is 14.1. The van der Waals surface area contributed by atoms with Crippen molar-refractivity contribution in [2.24, 2.45) is 0 Å². The second-order valence-corrected chi connectivity index (χ2v) is 12.7. The zero-order valence-electron chi connectivity index (χ0n) is 28.0. The lowest BCUT2D eigenvalue weighted by atomic mass is 9.80. The van der Waals surface area contributed by atoms with E-state index in [-0.39, 0.29) is 18.7 Å². The average molecular weight is 668 g/mol. The Morgan fingerprint density at radius 1 is 0.820 bits per heavy atom. The van der Waals surface area contributed by atoms with Gasteiger partial charge in [-0.1, -0.05) is 78.9 Å². The number of aromatic nitrogens is 3. The van der Waals surface area contributed by atoms with E-state index in [1.165, 1.54) is 0 Å². The molecule has 1 N–H and O–H groups in total. The van der Waals surface area contributed by atoms with Gasteiger partial charge in [0.05, 0.1) is 38.0 Å². The number of aliphatic hydroxyl groups is 1. The molecule has 9 heteroatoms. The number of hydrogen-bond donors (Lipinski definition) is 1. The van der Waals surface area contributed by atoms with Crippen molar-refractivity contribution in [3.63, 3.8) is 0 Å². The van der Waals surface area contributed by atoms with Gasteiger partial charge in [-0.2, -0.15) is 0 Å². The second-order valence-electron chi connectivity index (χ2n) is 12.7. The molecule has 1 saturated heterocycles. The van der Waals surface area contributed by atoms with E-state index in [2.05, 4.69) is 0 Å². The Bertz CT molecular complexity index is 2320. The van der Waals surface area contributed by atoms with Crippen LogP contribution in [0.15, 0.2) is 126 Å². The predicted molar refractivity (Wildman–Crippen MR) is 192 cm³/mol. The Hall–Kier alpha value is -5.48. The quantitative estimate of drug-likeness (QED) is 0.170. The van der Waals surface area contributed by atoms with Gasteiger partial charge in [-0.05, 0) is 70.8 Å². The van der Waals surface area contributed by atoms with Crippen LogP contribution in [0.1, 0.15) is 34.9 Å². The largest absolute Gasteiger partial charge is 0.497 e. The third kappa shape index (κ3) is 5.31. The molecular weight excluding hydrogens is 630 g/mol. The minimum absolute atomic E-state index is 0.0423. The van der Waals surface area contributed by atoms with Crippen LogP contribution in [-0.4, -0.2) is 52.1 Å². The summed E-state index contributed by atoms with van der Waals surface area (Å²) in [6.45, 7) is 1.97. The van der Waals surface area contributed by atoms with Gasteiger partial charge in [0.2, 0.25) is 0 Å². The minimum atomic E-state index is -1.08. The van der Waals surface area contributed by atoms with Crippen molar-refractivity contribution >= 4 is 27.5 Å². The van der Waals surface area contributed by atoms with E-state index in [9.17, 15) is 9.90 Å². The lowest BCUT2D eigenvalue weighted by molar-refractivity contribution is -0.0944. The normalized spacial score (nSPS) is 17.9. The third-order valence-electron chi connectivity index (χ3n) is 9.77. The fraction of sp³-hybridized carbons (Fsp3) is 0.220. The van der Waals surface area contributed by atoms with Crippen LogP contribution in [0.25, 0.3) is 27.5 Å². The number of imidazole rings is 1. The molecular formula is C41H37N3O6. The number of fused-ring (bicyclic) bond motifs is 4. The maximum atomic E-state index is 14.1. The number of hydrogen-bond acceptors (Lipinski definition) is 7. The molecule has 7 aromatic rings. The topological polar surface area (TPSA) is 96.5 Å². The molecule has 252 valence electrons. The molecule has 0 spiro atoms. The molecule has 8 rings (SSSR count). The number of nitrogens with zero attached hydrogens (tertiary/aromatic N) is 3. The van der Waals surface area contributed by atoms with Gasteiger partial charge in [0, 0.05) is 18.2 Å². The lowest BCUT2D eigenvalue weighted by Crippen LogP contribution is -2.38. The number of benzene rings is 5. The molecule has 0 saturated carbocycles. The number of rotatable bonds is 9. The fourth-order valence-electron chi connectivity index (χ4n) is 7.18. The number of ether oxygens (including phenoxy) is 4. The van der Waals surface area contributed by atoms with Crippen LogP contribution in [-0.2, 0) is 15.1 Å². The zero-order valence-corrected chi connectivity index (χ0v) is 28.0. The molecule has 0 unspecified atom stereocenters. The first-order valence-electron chi connectivity index (χ1n) is 16.6. The summed E-state index contributed by atoms with van der Waals surface area (Å²) >= 11 is 0. The van der Waals surface area contributed by atoms with Crippen LogP contribution in [0.4, 0.5) is 0 Å². The molecule has 1 fully saturated rings. The molecule has 50 heavy (non-hydrogen) atoms. The molecule has 1 aliphatic rings. The summed E-state index contributed by atoms with van der Waals surface area (Å²) in [5, 5.41) is 13.5. The van der Waals surface area contributed by atoms with E-state index in [4.69, 9.17) is 23.9 Å². The van der Waals surface area contributed by atoms with Crippen molar-refractivity contribution in [2.45, 2.75) is 37.4 Å². The first-order valence-corrected chi connectivity index (χ1v) is 16.6. The first-order chi connectivity index (χ1) is 24.4. The van der Waals surface area contributed by atoms with Crippen LogP contribution < -0.4 is 15.2 Å². The molecule has 9 nitrogen and oxygen atoms in total. The van der Waals surface area contributed by atoms with Gasteiger partial charge in [-0.3, -0.25) is 4.57 Å². The van der Waals surface area contributed by atoms with Gasteiger partial charge in [-0.15, -0.1) is 0 Å². The molecule has 5 aromatic carbocycles. The van der Waals surface area contributed by atoms with Crippen molar-refractivity contribution in [2.75, 3.05) is 20.8 Å². The highest BCUT2D eigenvalue weighted by molar-refractivity contribution is 5.96. The van der Waals surface area contributed by atoms with E-state index in [0.717, 1.165) is 55.6 Å². The highest BCUT2D eigenvalue weighted by atomic mass is 16.6. The Morgan fingerprint density at radius 3 is 2.02 bits per heavy atom. The maximum Gasteiger partial charge on any atom is 0.336 e. The lowest BCUT2D eigenvalue weighted by Gasteiger charge is -2.37. The summed E-state index contributed by atoms with van der Waals surface area (Å²) in [4.78, 5) is 19.0. The van der Waals surface area contributed by atoms with Gasteiger partial charge in [-0.25, -0.2) is 14.2 Å². The predicted octanol–water partition coefficient (Wildman–Crippen LogP) is 6.79. The highest BCUT2D eigenvalue weighted by Gasteiger charge is 2.42. The number of aliphatic hydroxyl groups excluding tert-OH is 1. The van der Waals surface area contributed by atoms with Gasteiger partial charge in [0.15, 0.2) is 0 Å². The van der Waals surface area contributed by atoms with E-state index in [0.29, 0.717) is 5.65 Å². The van der Waals surface area contributed by atoms with Gasteiger partial charge in [0.1, 0.15) is 35.1 Å². The van der Waals surface area contributed by atoms with Crippen molar-refractivity contribution in [1.29, 1.82) is 0 Å². The molecule has 0 aliphatic carbocycles. The summed E-state index contributed by atoms with van der Waals surface area (Å²) in [5.41, 5.74) is 4.18. The highest BCUT2D eigenvalue weighted by Crippen LogP contribution is 2.43. The van der Waals surface area contributed by atoms with Crippen molar-refractivity contribution < 1.29 is 24.1 Å². The van der Waals surface area contributed by atoms with Crippen LogP contribution in [0.2, 0.25) is 0 Å². The number of methoxy groups -OCH3 is 2. The van der Waals surface area contributed by atoms with Crippen LogP contribution in [0.3, 0.4) is 0 Å². The van der Waals surface area contributed by atoms with Crippen LogP contribution in [0.5, 0.6) is 11.5 Å². The summed E-state index contributed by atoms with van der Waals surface area (Å²) in [6, 6.07) is 37.6. The molecule has 0 radical (unpaired) electrons. The van der Waals surface area contributed by atoms with Gasteiger partial charge in [0.25, 0.3) is 0 Å². The van der Waals surface area contributed by atoms with E-state index < -0.39 is 24.0 Å². The first kappa shape index (κ1) is 31.8. The van der Waals surface area contributed by atoms with Crippen molar-refractivity contribution in [3.8, 4) is 11.5 Å². The van der Waals surface area contributed by atoms with Crippen molar-refractivity contribution in [1.82, 2.24) is 14.0 Å². The van der Waals surface area contributed by atoms with E-state index in [1.807, 2.05) is 122 Å². The van der Waals surface area contributed by atoms with Crippen molar-refractivity contribution in [3.05, 3.63) is 154 Å². The van der Waals surface area contributed by atoms with E-state index in [1.54, 1.807) is 29.4 Å². The summed E-state index contributed by atoms with van der Waals surface area (Å²) in [6.07, 6.45) is -0.317. The Labute approximate surface area is 288 Å². The Kier molecular flexibility index (Phi) is 8.11. The average Bonchev–Trinajstić information content (AvgIpc) is 3.73. The molecule has 0 amide bonds. The summed E-state index contributed by atoms with van der Waals surface area (Å²) in [5.74, 6) is 1.44. The van der Waals surface area contributed by atoms with Gasteiger partial charge >= 0.3 is 5.69 Å². The van der Waals surface area contributed by atoms with Crippen LogP contribution >= 0.6 is 0 Å². The zero-order chi connectivity index (χ0) is 34.4. The summed E-state index contributed by atoms with van der Waals surface area (Å²) in [7, 11) is 3.27. The summed E-state index contributed by atoms with van der Waals surface area (Å²) < 4.78 is 27.7. The molecule has 0 bridgehead atoms. The molecule has 2 aromatic heterocycles. The standard InChI is InChI=1S/C41H37N3O6/c1-26-24-43(40(46)44-35-22-28-10-8-7-9-27(28)21-34(35)42-39(26)44)38-23-36(45)37(50-38)25-49-41(29-11-5-4-6-12-29,30-13-17-32(47-2)18-14-30)31-15-19-33(48-3)20-16-31/h4-22,24,36-38,45H,23,25H2,1-3H3/t36-,37+,38+/m0/s1. The smallest absolute Gasteiger partial charge is 0.336 e. The minimum Gasteiger partial charge on any atom is -0.497 e. The monoisotopic (exact) mass is 667 g/mol. The Balaban J connectivity index is 1.16. The SMILES string of the molecule is COc1ccc(C(OC[C@H]2O[C@@H](n3cc(C)c4nc5cc6ccccc6cc5n4c3=O)C[C@@H]2O)(c2ccccc2)c2ccc(OC)cc2)cc1. The third-order valence-corrected chi connectivity index (χ3v) is 9.77. The Morgan fingerprint density at radius 2 is 1.40 bits per heavy atom. The molecule has 3 heterocycles. The molecule has 1 aliphatic heterocycles. The fourth-order valence-corrected chi connectivity index (χ4v) is 7.18. The molecule has 3 atom stereocenters. The van der Waals surface area contributed by atoms with Crippen LogP contribution in [0, 0.1) is 6.92 Å². The second kappa shape index (κ2) is 12.8. The van der Waals surface area contributed by atoms with E-state index >= 15 is 0 Å². The van der Waals surface area contributed by atoms with Gasteiger partial charge < -0.3 is 24.1 Å².